The fourth-order valence-electron chi connectivity index (χ4n) is 3.18. The number of hydrogen-bond acceptors (Lipinski definition) is 2. The summed E-state index contributed by atoms with van der Waals surface area (Å²) in [4.78, 5) is 9.13. The molecule has 0 aliphatic carbocycles. The quantitative estimate of drug-likeness (QED) is 0.341. The maximum Gasteiger partial charge on any atom is 0.0979 e. The number of pyridine rings is 1. The summed E-state index contributed by atoms with van der Waals surface area (Å²) >= 11 is 0. The van der Waals surface area contributed by atoms with Crippen LogP contribution in [0.5, 0.6) is 0 Å². The molecule has 5 heteroatoms. The molecule has 0 amide bonds. The Morgan fingerprint density at radius 3 is 2.52 bits per heavy atom. The van der Waals surface area contributed by atoms with Gasteiger partial charge in [0.15, 0.2) is 0 Å². The molecule has 0 aliphatic rings. The van der Waals surface area contributed by atoms with Gasteiger partial charge in [-0.2, -0.15) is 0 Å². The van der Waals surface area contributed by atoms with Gasteiger partial charge in [-0.1, -0.05) is 18.2 Å². The van der Waals surface area contributed by atoms with Gasteiger partial charge in [0, 0.05) is 44.1 Å². The van der Waals surface area contributed by atoms with Crippen LogP contribution in [0.25, 0.3) is 33.3 Å². The number of hydrogen-bond donors (Lipinski definition) is 0. The summed E-state index contributed by atoms with van der Waals surface area (Å²) in [5.41, 5.74) is 4.09. The molecular formula is C20H13IrN4-. The van der Waals surface area contributed by atoms with Gasteiger partial charge in [0.2, 0.25) is 0 Å². The van der Waals surface area contributed by atoms with Crippen LogP contribution in [0.3, 0.4) is 0 Å². The van der Waals surface area contributed by atoms with Gasteiger partial charge in [-0.05, 0) is 18.2 Å². The van der Waals surface area contributed by atoms with E-state index in [0.29, 0.717) is 0 Å². The summed E-state index contributed by atoms with van der Waals surface area (Å²) in [5, 5.41) is 1.13. The Labute approximate surface area is 158 Å². The first kappa shape index (κ1) is 15.8. The first-order valence-electron chi connectivity index (χ1n) is 7.79. The van der Waals surface area contributed by atoms with Crippen molar-refractivity contribution < 1.29 is 20.1 Å². The SMILES string of the molecule is [Ir].[c-]1ccccc1-c1nccn1-n1c2ccccc2c2ncccc21. The number of nitrogens with zero attached hydrogens (tertiary/aromatic N) is 4. The van der Waals surface area contributed by atoms with Gasteiger partial charge in [0.05, 0.1) is 22.4 Å². The van der Waals surface area contributed by atoms with Crippen molar-refractivity contribution in [3.05, 3.63) is 85.3 Å². The standard InChI is InChI=1S/C20H13N4.Ir/c1-2-7-15(8-3-1)20-22-13-14-23(20)24-17-10-5-4-9-16(17)19-18(24)11-6-12-21-19;/h1-7,9-14H;/q-1;. The van der Waals surface area contributed by atoms with Crippen LogP contribution in [0.4, 0.5) is 0 Å². The minimum absolute atomic E-state index is 0. The zero-order valence-electron chi connectivity index (χ0n) is 13.1. The Bertz CT molecular complexity index is 1100. The number of rotatable bonds is 2. The van der Waals surface area contributed by atoms with Gasteiger partial charge in [0.25, 0.3) is 0 Å². The van der Waals surface area contributed by atoms with Crippen LogP contribution in [-0.2, 0) is 20.1 Å². The van der Waals surface area contributed by atoms with E-state index < -0.39 is 0 Å². The van der Waals surface area contributed by atoms with Gasteiger partial charge in [-0.3, -0.25) is 19.3 Å². The number of fused-ring (bicyclic) bond motifs is 3. The van der Waals surface area contributed by atoms with E-state index in [9.17, 15) is 0 Å². The zero-order chi connectivity index (χ0) is 15.9. The van der Waals surface area contributed by atoms with Crippen molar-refractivity contribution in [1.29, 1.82) is 0 Å². The monoisotopic (exact) mass is 502 g/mol. The third-order valence-electron chi connectivity index (χ3n) is 4.19. The molecule has 0 spiro atoms. The zero-order valence-corrected chi connectivity index (χ0v) is 15.5. The summed E-state index contributed by atoms with van der Waals surface area (Å²) in [5.74, 6) is 0.849. The molecule has 5 rings (SSSR count). The Kier molecular flexibility index (Phi) is 3.96. The average Bonchev–Trinajstić information content (AvgIpc) is 3.24. The Balaban J connectivity index is 0.00000157. The first-order valence-corrected chi connectivity index (χ1v) is 7.79. The normalized spacial score (nSPS) is 10.9. The van der Waals surface area contributed by atoms with Crippen LogP contribution in [0, 0.1) is 6.07 Å². The Hall–Kier alpha value is -2.75. The Morgan fingerprint density at radius 2 is 1.64 bits per heavy atom. The van der Waals surface area contributed by atoms with Crippen LogP contribution in [0.1, 0.15) is 0 Å². The molecule has 3 heterocycles. The Morgan fingerprint density at radius 1 is 0.800 bits per heavy atom. The van der Waals surface area contributed by atoms with Crippen LogP contribution < -0.4 is 0 Å². The van der Waals surface area contributed by atoms with Crippen LogP contribution in [0.2, 0.25) is 0 Å². The topological polar surface area (TPSA) is 35.6 Å². The van der Waals surface area contributed by atoms with E-state index in [1.165, 1.54) is 0 Å². The van der Waals surface area contributed by atoms with E-state index in [1.807, 2.05) is 61.1 Å². The number of para-hydroxylation sites is 1. The molecule has 5 aromatic rings. The number of aromatic nitrogens is 4. The van der Waals surface area contributed by atoms with Crippen molar-refractivity contribution in [2.45, 2.75) is 0 Å². The second kappa shape index (κ2) is 6.28. The molecule has 3 aromatic heterocycles. The van der Waals surface area contributed by atoms with E-state index in [0.717, 1.165) is 33.3 Å². The second-order valence-corrected chi connectivity index (χ2v) is 5.57. The van der Waals surface area contributed by atoms with E-state index in [4.69, 9.17) is 0 Å². The van der Waals surface area contributed by atoms with Crippen molar-refractivity contribution in [2.24, 2.45) is 0 Å². The van der Waals surface area contributed by atoms with Crippen LogP contribution in [-0.4, -0.2) is 19.3 Å². The summed E-state index contributed by atoms with van der Waals surface area (Å²) in [7, 11) is 0. The van der Waals surface area contributed by atoms with Crippen molar-refractivity contribution in [1.82, 2.24) is 19.3 Å². The summed E-state index contributed by atoms with van der Waals surface area (Å²) < 4.78 is 4.21. The first-order chi connectivity index (χ1) is 11.9. The van der Waals surface area contributed by atoms with Crippen molar-refractivity contribution in [3.63, 3.8) is 0 Å². The minimum atomic E-state index is 0. The van der Waals surface area contributed by atoms with Crippen LogP contribution >= 0.6 is 0 Å². The molecule has 0 fully saturated rings. The predicted molar refractivity (Wildman–Crippen MR) is 94.5 cm³/mol. The molecule has 0 N–H and O–H groups in total. The van der Waals surface area contributed by atoms with E-state index in [1.54, 1.807) is 0 Å². The van der Waals surface area contributed by atoms with E-state index in [-0.39, 0.29) is 20.1 Å². The van der Waals surface area contributed by atoms with Gasteiger partial charge >= 0.3 is 0 Å². The largest absolute Gasteiger partial charge is 0.284 e. The molecule has 25 heavy (non-hydrogen) atoms. The second-order valence-electron chi connectivity index (χ2n) is 5.57. The molecule has 2 aromatic carbocycles. The van der Waals surface area contributed by atoms with Gasteiger partial charge in [0.1, 0.15) is 0 Å². The predicted octanol–water partition coefficient (Wildman–Crippen LogP) is 4.16. The summed E-state index contributed by atoms with van der Waals surface area (Å²) in [6.45, 7) is 0. The number of benzene rings is 2. The molecule has 1 radical (unpaired) electrons. The summed E-state index contributed by atoms with van der Waals surface area (Å²) in [6.07, 6.45) is 5.61. The maximum atomic E-state index is 4.58. The molecule has 0 aliphatic heterocycles. The van der Waals surface area contributed by atoms with Gasteiger partial charge < -0.3 is 0 Å². The van der Waals surface area contributed by atoms with E-state index in [2.05, 4.69) is 43.6 Å². The molecule has 4 nitrogen and oxygen atoms in total. The molecule has 0 saturated heterocycles. The van der Waals surface area contributed by atoms with E-state index >= 15 is 0 Å². The van der Waals surface area contributed by atoms with Crippen LogP contribution in [0.15, 0.2) is 79.3 Å². The molecule has 0 unspecified atom stereocenters. The molecular weight excluding hydrogens is 488 g/mol. The van der Waals surface area contributed by atoms with Crippen molar-refractivity contribution >= 4 is 21.9 Å². The fraction of sp³-hybridized carbons (Fsp3) is 0. The molecule has 0 saturated carbocycles. The average molecular weight is 502 g/mol. The van der Waals surface area contributed by atoms with Gasteiger partial charge in [-0.15, -0.1) is 35.9 Å². The third-order valence-corrected chi connectivity index (χ3v) is 4.19. The summed E-state index contributed by atoms with van der Waals surface area (Å²) in [6, 6.07) is 23.5. The number of imidazole rings is 1. The molecule has 0 atom stereocenters. The molecule has 0 bridgehead atoms. The fourth-order valence-corrected chi connectivity index (χ4v) is 3.18. The third kappa shape index (κ3) is 2.40. The molecule has 123 valence electrons. The minimum Gasteiger partial charge on any atom is -0.284 e. The van der Waals surface area contributed by atoms with Crippen molar-refractivity contribution in [3.8, 4) is 11.4 Å². The smallest absolute Gasteiger partial charge is 0.0979 e. The maximum absolute atomic E-state index is 4.58. The van der Waals surface area contributed by atoms with Crippen molar-refractivity contribution in [2.75, 3.05) is 0 Å². The van der Waals surface area contributed by atoms with Gasteiger partial charge in [-0.25, -0.2) is 0 Å².